The number of hydrogen-bond donors (Lipinski definition) is 0. The number of aromatic nitrogens is 1. The molecule has 0 spiro atoms. The maximum atomic E-state index is 13.6. The number of piperazine rings is 1. The Bertz CT molecular complexity index is 1640. The van der Waals surface area contributed by atoms with Gasteiger partial charge < -0.3 is 9.64 Å². The number of carbonyl (C=O) groups is 2. The third kappa shape index (κ3) is 5.92. The first-order chi connectivity index (χ1) is 19.3. The first kappa shape index (κ1) is 27.9. The lowest BCUT2D eigenvalue weighted by molar-refractivity contribution is 0.0933. The Labute approximate surface area is 240 Å². The van der Waals surface area contributed by atoms with Gasteiger partial charge in [0.1, 0.15) is 0 Å². The molecule has 0 atom stereocenters. The van der Waals surface area contributed by atoms with Crippen molar-refractivity contribution in [1.29, 1.82) is 0 Å². The molecule has 0 saturated carbocycles. The zero-order valence-electron chi connectivity index (χ0n) is 21.9. The van der Waals surface area contributed by atoms with Crippen LogP contribution in [-0.2, 0) is 14.8 Å². The van der Waals surface area contributed by atoms with Crippen molar-refractivity contribution >= 4 is 66.3 Å². The van der Waals surface area contributed by atoms with Gasteiger partial charge in [-0.25, -0.2) is 18.2 Å². The molecular formula is C27H27N5O5S3. The fourth-order valence-corrected chi connectivity index (χ4v) is 7.17. The number of hydrogen-bond acceptors (Lipinski definition) is 9. The van der Waals surface area contributed by atoms with Crippen LogP contribution in [0.25, 0.3) is 10.2 Å². The number of hydrazone groups is 1. The van der Waals surface area contributed by atoms with Crippen LogP contribution in [0, 0.1) is 6.92 Å². The largest absolute Gasteiger partial charge is 0.450 e. The SMILES string of the molecule is CCOC(=O)N1CCN(S(=O)(=O)c2ccc(C(=O)N(/N=C/c3cccs3)c3nc4ccc(C)cc4s3)cc2)CC1. The molecule has 0 N–H and O–H groups in total. The number of amides is 2. The molecule has 208 valence electrons. The van der Waals surface area contributed by atoms with Gasteiger partial charge in [0.15, 0.2) is 0 Å². The summed E-state index contributed by atoms with van der Waals surface area (Å²) in [5, 5.41) is 8.04. The Hall–Kier alpha value is -3.65. The summed E-state index contributed by atoms with van der Waals surface area (Å²) in [5.74, 6) is -0.435. The molecule has 0 unspecified atom stereocenters. The summed E-state index contributed by atoms with van der Waals surface area (Å²) < 4.78 is 33.8. The van der Waals surface area contributed by atoms with E-state index in [1.807, 2.05) is 42.6 Å². The molecule has 2 aromatic carbocycles. The first-order valence-electron chi connectivity index (χ1n) is 12.6. The number of sulfonamides is 1. The van der Waals surface area contributed by atoms with Gasteiger partial charge in [-0.05, 0) is 67.3 Å². The molecule has 1 aliphatic rings. The number of rotatable bonds is 7. The van der Waals surface area contributed by atoms with E-state index >= 15 is 0 Å². The molecule has 0 radical (unpaired) electrons. The van der Waals surface area contributed by atoms with Gasteiger partial charge in [-0.3, -0.25) is 4.79 Å². The Balaban J connectivity index is 1.37. The van der Waals surface area contributed by atoms with Gasteiger partial charge in [-0.1, -0.05) is 23.5 Å². The predicted octanol–water partition coefficient (Wildman–Crippen LogP) is 4.81. The van der Waals surface area contributed by atoms with Gasteiger partial charge in [0.25, 0.3) is 5.91 Å². The van der Waals surface area contributed by atoms with Gasteiger partial charge in [0.2, 0.25) is 15.2 Å². The summed E-state index contributed by atoms with van der Waals surface area (Å²) in [7, 11) is -3.81. The van der Waals surface area contributed by atoms with Crippen LogP contribution in [0.4, 0.5) is 9.93 Å². The van der Waals surface area contributed by atoms with Crippen molar-refractivity contribution in [3.8, 4) is 0 Å². The van der Waals surface area contributed by atoms with Crippen LogP contribution >= 0.6 is 22.7 Å². The van der Waals surface area contributed by atoms with E-state index in [9.17, 15) is 18.0 Å². The van der Waals surface area contributed by atoms with E-state index in [1.165, 1.54) is 61.2 Å². The molecule has 2 amide bonds. The lowest BCUT2D eigenvalue weighted by Crippen LogP contribution is -2.50. The molecule has 10 nitrogen and oxygen atoms in total. The van der Waals surface area contributed by atoms with E-state index in [4.69, 9.17) is 4.74 Å². The number of thiophene rings is 1. The molecule has 0 bridgehead atoms. The minimum atomic E-state index is -3.81. The lowest BCUT2D eigenvalue weighted by atomic mass is 10.2. The predicted molar refractivity (Wildman–Crippen MR) is 157 cm³/mol. The molecule has 1 saturated heterocycles. The molecule has 1 aliphatic heterocycles. The van der Waals surface area contributed by atoms with E-state index in [-0.39, 0.29) is 43.2 Å². The van der Waals surface area contributed by atoms with Crippen LogP contribution < -0.4 is 5.01 Å². The number of nitrogens with zero attached hydrogens (tertiary/aromatic N) is 5. The van der Waals surface area contributed by atoms with Gasteiger partial charge in [0.05, 0.1) is 27.9 Å². The second kappa shape index (κ2) is 11.8. The zero-order valence-corrected chi connectivity index (χ0v) is 24.3. The van der Waals surface area contributed by atoms with E-state index in [1.54, 1.807) is 13.1 Å². The van der Waals surface area contributed by atoms with Crippen molar-refractivity contribution in [2.45, 2.75) is 18.7 Å². The third-order valence-electron chi connectivity index (χ3n) is 6.25. The molecule has 2 aromatic heterocycles. The average molecular weight is 598 g/mol. The highest BCUT2D eigenvalue weighted by Crippen LogP contribution is 2.31. The zero-order chi connectivity index (χ0) is 28.3. The van der Waals surface area contributed by atoms with Gasteiger partial charge in [-0.2, -0.15) is 14.4 Å². The van der Waals surface area contributed by atoms with Crippen molar-refractivity contribution < 1.29 is 22.7 Å². The summed E-state index contributed by atoms with van der Waals surface area (Å²) in [5.41, 5.74) is 2.12. The quantitative estimate of drug-likeness (QED) is 0.223. The lowest BCUT2D eigenvalue weighted by Gasteiger charge is -2.33. The summed E-state index contributed by atoms with van der Waals surface area (Å²) in [6.07, 6.45) is 1.16. The summed E-state index contributed by atoms with van der Waals surface area (Å²) >= 11 is 2.85. The fraction of sp³-hybridized carbons (Fsp3) is 0.259. The van der Waals surface area contributed by atoms with E-state index in [2.05, 4.69) is 10.1 Å². The Kier molecular flexibility index (Phi) is 8.26. The van der Waals surface area contributed by atoms with Gasteiger partial charge >= 0.3 is 6.09 Å². The molecule has 5 rings (SSSR count). The van der Waals surface area contributed by atoms with Crippen LogP contribution in [0.2, 0.25) is 0 Å². The second-order valence-electron chi connectivity index (χ2n) is 8.96. The number of fused-ring (bicyclic) bond motifs is 1. The highest BCUT2D eigenvalue weighted by Gasteiger charge is 2.31. The number of ether oxygens (including phenoxy) is 1. The van der Waals surface area contributed by atoms with Gasteiger partial charge in [-0.15, -0.1) is 11.3 Å². The molecule has 1 fully saturated rings. The van der Waals surface area contributed by atoms with E-state index in [0.717, 1.165) is 20.7 Å². The molecular weight excluding hydrogens is 571 g/mol. The summed E-state index contributed by atoms with van der Waals surface area (Å²) in [4.78, 5) is 32.6. The Morgan fingerprint density at radius 1 is 1.10 bits per heavy atom. The number of benzene rings is 2. The van der Waals surface area contributed by atoms with Crippen LogP contribution in [0.5, 0.6) is 0 Å². The maximum Gasteiger partial charge on any atom is 0.409 e. The van der Waals surface area contributed by atoms with Crippen LogP contribution in [-0.4, -0.2) is 73.6 Å². The second-order valence-corrected chi connectivity index (χ2v) is 12.9. The average Bonchev–Trinajstić information content (AvgIpc) is 3.63. The number of thiazole rings is 1. The highest BCUT2D eigenvalue weighted by atomic mass is 32.2. The molecule has 13 heteroatoms. The smallest absolute Gasteiger partial charge is 0.409 e. The molecule has 0 aliphatic carbocycles. The van der Waals surface area contributed by atoms with Crippen LogP contribution in [0.15, 0.2) is 70.0 Å². The molecule has 4 aromatic rings. The number of carbonyl (C=O) groups excluding carboxylic acids is 2. The summed E-state index contributed by atoms with van der Waals surface area (Å²) in [6, 6.07) is 15.5. The van der Waals surface area contributed by atoms with Crippen molar-refractivity contribution in [3.05, 3.63) is 76.0 Å². The number of anilines is 1. The van der Waals surface area contributed by atoms with Crippen molar-refractivity contribution in [2.75, 3.05) is 37.8 Å². The third-order valence-corrected chi connectivity index (χ3v) is 9.97. The maximum absolute atomic E-state index is 13.6. The summed E-state index contributed by atoms with van der Waals surface area (Å²) in [6.45, 7) is 4.78. The fourth-order valence-electron chi connectivity index (χ4n) is 4.14. The Morgan fingerprint density at radius 3 is 2.52 bits per heavy atom. The van der Waals surface area contributed by atoms with Crippen molar-refractivity contribution in [1.82, 2.24) is 14.2 Å². The molecule has 3 heterocycles. The molecule has 40 heavy (non-hydrogen) atoms. The van der Waals surface area contributed by atoms with E-state index in [0.29, 0.717) is 5.13 Å². The first-order valence-corrected chi connectivity index (χ1v) is 15.7. The Morgan fingerprint density at radius 2 is 1.85 bits per heavy atom. The highest BCUT2D eigenvalue weighted by molar-refractivity contribution is 7.89. The minimum absolute atomic E-state index is 0.0673. The van der Waals surface area contributed by atoms with Crippen LogP contribution in [0.1, 0.15) is 27.7 Å². The normalized spacial score (nSPS) is 14.6. The topological polar surface area (TPSA) is 112 Å². The standard InChI is InChI=1S/C27H27N5O5S3/c1-3-37-27(34)30-12-14-31(15-13-30)40(35,36)22-9-7-20(8-10-22)25(33)32(28-18-21-5-4-16-38-21)26-29-23-11-6-19(2)17-24(23)39-26/h4-11,16-18H,3,12-15H2,1-2H3/b28-18+. The van der Waals surface area contributed by atoms with Crippen LogP contribution in [0.3, 0.4) is 0 Å². The number of aryl methyl sites for hydroxylation is 1. The van der Waals surface area contributed by atoms with E-state index < -0.39 is 22.0 Å². The van der Waals surface area contributed by atoms with Gasteiger partial charge in [0, 0.05) is 36.6 Å². The monoisotopic (exact) mass is 597 g/mol. The van der Waals surface area contributed by atoms with Crippen molar-refractivity contribution in [2.24, 2.45) is 5.10 Å². The minimum Gasteiger partial charge on any atom is -0.450 e. The van der Waals surface area contributed by atoms with Crippen molar-refractivity contribution in [3.63, 3.8) is 0 Å².